The third-order valence-electron chi connectivity index (χ3n) is 3.18. The van der Waals surface area contributed by atoms with E-state index in [1.807, 2.05) is 24.3 Å². The molecule has 3 nitrogen and oxygen atoms in total. The number of aromatic hydroxyl groups is 1. The van der Waals surface area contributed by atoms with E-state index in [-0.39, 0.29) is 5.75 Å². The Morgan fingerprint density at radius 3 is 2.71 bits per heavy atom. The minimum atomic E-state index is -0.519. The van der Waals surface area contributed by atoms with E-state index in [1.165, 1.54) is 0 Å². The Morgan fingerprint density at radius 2 is 2.00 bits per heavy atom. The van der Waals surface area contributed by atoms with Gasteiger partial charge in [0, 0.05) is 17.2 Å². The summed E-state index contributed by atoms with van der Waals surface area (Å²) in [6.07, 6.45) is 2.92. The topological polar surface area (TPSA) is 46.5 Å². The Balaban J connectivity index is 2.56. The van der Waals surface area contributed by atoms with Crippen LogP contribution in [-0.4, -0.2) is 11.1 Å². The molecule has 0 unspecified atom stereocenters. The standard InChI is InChI=1S/C18H18O3/c1-3-8-13-9-7-11-15(19)18(13)14-10-5-6-12-16(14)21-17(20)4-2/h4-7,9-12,19H,2-3,8H2,1H3. The van der Waals surface area contributed by atoms with Crippen molar-refractivity contribution >= 4 is 5.97 Å². The summed E-state index contributed by atoms with van der Waals surface area (Å²) in [5.74, 6) is 0.0826. The average molecular weight is 282 g/mol. The van der Waals surface area contributed by atoms with Crippen molar-refractivity contribution < 1.29 is 14.6 Å². The number of rotatable bonds is 5. The second-order valence-corrected chi connectivity index (χ2v) is 4.68. The highest BCUT2D eigenvalue weighted by Gasteiger charge is 2.15. The molecule has 1 N–H and O–H groups in total. The monoisotopic (exact) mass is 282 g/mol. The lowest BCUT2D eigenvalue weighted by Gasteiger charge is -2.14. The van der Waals surface area contributed by atoms with Crippen molar-refractivity contribution in [3.05, 3.63) is 60.7 Å². The molecule has 0 radical (unpaired) electrons. The molecule has 0 aromatic heterocycles. The van der Waals surface area contributed by atoms with E-state index in [9.17, 15) is 9.90 Å². The van der Waals surface area contributed by atoms with Gasteiger partial charge in [-0.1, -0.05) is 50.3 Å². The predicted octanol–water partition coefficient (Wildman–Crippen LogP) is 4.10. The number of phenols is 1. The van der Waals surface area contributed by atoms with Gasteiger partial charge in [0.2, 0.25) is 0 Å². The highest BCUT2D eigenvalue weighted by atomic mass is 16.5. The van der Waals surface area contributed by atoms with Crippen molar-refractivity contribution in [1.82, 2.24) is 0 Å². The van der Waals surface area contributed by atoms with Gasteiger partial charge < -0.3 is 9.84 Å². The van der Waals surface area contributed by atoms with E-state index in [2.05, 4.69) is 13.5 Å². The molecule has 3 heteroatoms. The number of benzene rings is 2. The number of hydrogen-bond donors (Lipinski definition) is 1. The zero-order chi connectivity index (χ0) is 15.2. The van der Waals surface area contributed by atoms with E-state index in [0.717, 1.165) is 24.5 Å². The molecule has 0 aliphatic heterocycles. The number of carbonyl (C=O) groups excluding carboxylic acids is 1. The lowest BCUT2D eigenvalue weighted by atomic mass is 9.95. The number of carbonyl (C=O) groups is 1. The van der Waals surface area contributed by atoms with Gasteiger partial charge in [0.15, 0.2) is 0 Å². The van der Waals surface area contributed by atoms with Gasteiger partial charge in [0.05, 0.1) is 0 Å². The van der Waals surface area contributed by atoms with Gasteiger partial charge in [0.25, 0.3) is 0 Å². The van der Waals surface area contributed by atoms with Crippen LogP contribution in [0.25, 0.3) is 11.1 Å². The first-order chi connectivity index (χ1) is 10.2. The molecule has 2 aromatic rings. The molecule has 0 amide bonds. The molecule has 108 valence electrons. The molecular formula is C18H18O3. The lowest BCUT2D eigenvalue weighted by Crippen LogP contribution is -2.04. The zero-order valence-corrected chi connectivity index (χ0v) is 12.0. The Morgan fingerprint density at radius 1 is 1.24 bits per heavy atom. The fourth-order valence-electron chi connectivity index (χ4n) is 2.29. The van der Waals surface area contributed by atoms with Crippen LogP contribution in [0.2, 0.25) is 0 Å². The molecule has 0 bridgehead atoms. The molecule has 0 fully saturated rings. The van der Waals surface area contributed by atoms with Gasteiger partial charge >= 0.3 is 5.97 Å². The molecule has 0 heterocycles. The summed E-state index contributed by atoms with van der Waals surface area (Å²) in [7, 11) is 0. The number of phenolic OH excluding ortho intramolecular Hbond substituents is 1. The van der Waals surface area contributed by atoms with E-state index in [4.69, 9.17) is 4.74 Å². The van der Waals surface area contributed by atoms with Crippen molar-refractivity contribution in [2.75, 3.05) is 0 Å². The summed E-state index contributed by atoms with van der Waals surface area (Å²) >= 11 is 0. The second kappa shape index (κ2) is 6.75. The molecule has 0 saturated carbocycles. The number of para-hydroxylation sites is 1. The van der Waals surface area contributed by atoms with Crippen molar-refractivity contribution in [2.45, 2.75) is 19.8 Å². The largest absolute Gasteiger partial charge is 0.507 e. The molecule has 0 aliphatic rings. The summed E-state index contributed by atoms with van der Waals surface area (Å²) < 4.78 is 5.27. The summed E-state index contributed by atoms with van der Waals surface area (Å²) in [4.78, 5) is 11.5. The maximum Gasteiger partial charge on any atom is 0.335 e. The van der Waals surface area contributed by atoms with Crippen LogP contribution >= 0.6 is 0 Å². The zero-order valence-electron chi connectivity index (χ0n) is 12.0. The van der Waals surface area contributed by atoms with Crippen LogP contribution in [0.3, 0.4) is 0 Å². The van der Waals surface area contributed by atoms with Crippen molar-refractivity contribution in [1.29, 1.82) is 0 Å². The van der Waals surface area contributed by atoms with E-state index in [1.54, 1.807) is 18.2 Å². The highest BCUT2D eigenvalue weighted by molar-refractivity contribution is 5.86. The molecule has 0 atom stereocenters. The lowest BCUT2D eigenvalue weighted by molar-refractivity contribution is -0.128. The van der Waals surface area contributed by atoms with Crippen LogP contribution in [0.5, 0.6) is 11.5 Å². The predicted molar refractivity (Wildman–Crippen MR) is 83.4 cm³/mol. The normalized spacial score (nSPS) is 10.1. The van der Waals surface area contributed by atoms with Crippen LogP contribution in [0.1, 0.15) is 18.9 Å². The molecule has 0 spiro atoms. The van der Waals surface area contributed by atoms with Gasteiger partial charge in [0.1, 0.15) is 11.5 Å². The van der Waals surface area contributed by atoms with E-state index in [0.29, 0.717) is 16.9 Å². The van der Waals surface area contributed by atoms with E-state index < -0.39 is 5.97 Å². The van der Waals surface area contributed by atoms with Gasteiger partial charge in [-0.3, -0.25) is 0 Å². The van der Waals surface area contributed by atoms with Gasteiger partial charge in [-0.2, -0.15) is 0 Å². The molecule has 0 saturated heterocycles. The molecule has 21 heavy (non-hydrogen) atoms. The Bertz CT molecular complexity index is 659. The Labute approximate surface area is 124 Å². The number of esters is 1. The molecule has 2 aromatic carbocycles. The van der Waals surface area contributed by atoms with Crippen LogP contribution in [-0.2, 0) is 11.2 Å². The fourth-order valence-corrected chi connectivity index (χ4v) is 2.29. The summed E-state index contributed by atoms with van der Waals surface area (Å²) in [6, 6.07) is 12.6. The summed E-state index contributed by atoms with van der Waals surface area (Å²) in [5, 5.41) is 10.2. The SMILES string of the molecule is C=CC(=O)Oc1ccccc1-c1c(O)cccc1CCC. The maximum absolute atomic E-state index is 11.5. The average Bonchev–Trinajstić information content (AvgIpc) is 2.49. The van der Waals surface area contributed by atoms with Crippen molar-refractivity contribution in [3.8, 4) is 22.6 Å². The number of aryl methyl sites for hydroxylation is 1. The molecule has 0 aliphatic carbocycles. The van der Waals surface area contributed by atoms with Crippen LogP contribution in [0, 0.1) is 0 Å². The first-order valence-corrected chi connectivity index (χ1v) is 6.91. The van der Waals surface area contributed by atoms with E-state index >= 15 is 0 Å². The van der Waals surface area contributed by atoms with Gasteiger partial charge in [-0.05, 0) is 24.1 Å². The smallest absolute Gasteiger partial charge is 0.335 e. The minimum Gasteiger partial charge on any atom is -0.507 e. The molecular weight excluding hydrogens is 264 g/mol. The summed E-state index contributed by atoms with van der Waals surface area (Å²) in [5.41, 5.74) is 2.45. The summed E-state index contributed by atoms with van der Waals surface area (Å²) in [6.45, 7) is 5.48. The third kappa shape index (κ3) is 3.31. The van der Waals surface area contributed by atoms with Crippen molar-refractivity contribution in [2.24, 2.45) is 0 Å². The first-order valence-electron chi connectivity index (χ1n) is 6.91. The first kappa shape index (κ1) is 14.9. The van der Waals surface area contributed by atoms with Crippen LogP contribution in [0.4, 0.5) is 0 Å². The van der Waals surface area contributed by atoms with Gasteiger partial charge in [-0.15, -0.1) is 0 Å². The van der Waals surface area contributed by atoms with Gasteiger partial charge in [-0.25, -0.2) is 4.79 Å². The van der Waals surface area contributed by atoms with Crippen molar-refractivity contribution in [3.63, 3.8) is 0 Å². The maximum atomic E-state index is 11.5. The van der Waals surface area contributed by atoms with Crippen LogP contribution in [0.15, 0.2) is 55.1 Å². The number of hydrogen-bond acceptors (Lipinski definition) is 3. The second-order valence-electron chi connectivity index (χ2n) is 4.68. The Hall–Kier alpha value is -2.55. The fraction of sp³-hybridized carbons (Fsp3) is 0.167. The quantitative estimate of drug-likeness (QED) is 0.510. The molecule has 2 rings (SSSR count). The Kier molecular flexibility index (Phi) is 4.77. The third-order valence-corrected chi connectivity index (χ3v) is 3.18. The highest BCUT2D eigenvalue weighted by Crippen LogP contribution is 2.38. The van der Waals surface area contributed by atoms with Crippen LogP contribution < -0.4 is 4.74 Å². The number of ether oxygens (including phenoxy) is 1. The minimum absolute atomic E-state index is 0.183.